The summed E-state index contributed by atoms with van der Waals surface area (Å²) in [6.45, 7) is 0.280. The Balaban J connectivity index is 2.62. The number of amides is 1. The Bertz CT molecular complexity index is 343. The van der Waals surface area contributed by atoms with Gasteiger partial charge in [0.15, 0.2) is 0 Å². The van der Waals surface area contributed by atoms with Crippen molar-refractivity contribution in [2.24, 2.45) is 0 Å². The van der Waals surface area contributed by atoms with Crippen molar-refractivity contribution in [3.63, 3.8) is 0 Å². The average molecular weight is 230 g/mol. The highest BCUT2D eigenvalue weighted by Crippen LogP contribution is 2.09. The molecular formula is C11H13ClFNO. The lowest BCUT2D eigenvalue weighted by atomic mass is 10.2. The Kier molecular flexibility index (Phi) is 4.56. The third-order valence-electron chi connectivity index (χ3n) is 2.10. The average Bonchev–Trinajstić information content (AvgIpc) is 2.21. The molecule has 2 nitrogen and oxygen atoms in total. The van der Waals surface area contributed by atoms with Crippen molar-refractivity contribution in [2.45, 2.75) is 13.0 Å². The van der Waals surface area contributed by atoms with Gasteiger partial charge in [-0.15, -0.1) is 11.6 Å². The van der Waals surface area contributed by atoms with Gasteiger partial charge >= 0.3 is 0 Å². The zero-order valence-corrected chi connectivity index (χ0v) is 9.30. The van der Waals surface area contributed by atoms with Gasteiger partial charge < -0.3 is 4.90 Å². The van der Waals surface area contributed by atoms with E-state index in [0.717, 1.165) is 0 Å². The summed E-state index contributed by atoms with van der Waals surface area (Å²) in [5, 5.41) is 0. The van der Waals surface area contributed by atoms with E-state index < -0.39 is 0 Å². The number of halogens is 2. The normalized spacial score (nSPS) is 10.1. The van der Waals surface area contributed by atoms with E-state index in [4.69, 9.17) is 11.6 Å². The van der Waals surface area contributed by atoms with Crippen molar-refractivity contribution in [1.29, 1.82) is 0 Å². The molecule has 1 rings (SSSR count). The number of benzene rings is 1. The van der Waals surface area contributed by atoms with Crippen LogP contribution in [0, 0.1) is 5.82 Å². The van der Waals surface area contributed by atoms with Gasteiger partial charge in [0.05, 0.1) is 0 Å². The Hall–Kier alpha value is -1.09. The molecule has 0 fully saturated rings. The van der Waals surface area contributed by atoms with Crippen LogP contribution >= 0.6 is 11.6 Å². The topological polar surface area (TPSA) is 20.3 Å². The van der Waals surface area contributed by atoms with Crippen molar-refractivity contribution >= 4 is 17.5 Å². The number of nitrogens with zero attached hydrogens (tertiary/aromatic N) is 1. The molecule has 82 valence electrons. The van der Waals surface area contributed by atoms with Gasteiger partial charge in [-0.1, -0.05) is 18.2 Å². The van der Waals surface area contributed by atoms with E-state index in [-0.39, 0.29) is 24.7 Å². The molecule has 0 saturated carbocycles. The highest BCUT2D eigenvalue weighted by Gasteiger charge is 2.10. The fraction of sp³-hybridized carbons (Fsp3) is 0.364. The number of carbonyl (C=O) groups is 1. The second-order valence-corrected chi connectivity index (χ2v) is 3.66. The fourth-order valence-corrected chi connectivity index (χ4v) is 1.40. The molecule has 0 radical (unpaired) electrons. The second kappa shape index (κ2) is 5.71. The van der Waals surface area contributed by atoms with Crippen LogP contribution in [-0.2, 0) is 11.3 Å². The Morgan fingerprint density at radius 3 is 2.73 bits per heavy atom. The van der Waals surface area contributed by atoms with Gasteiger partial charge in [0.25, 0.3) is 0 Å². The molecule has 0 atom stereocenters. The molecule has 0 aromatic heterocycles. The summed E-state index contributed by atoms with van der Waals surface area (Å²) < 4.78 is 13.2. The second-order valence-electron chi connectivity index (χ2n) is 3.28. The molecule has 4 heteroatoms. The first-order valence-corrected chi connectivity index (χ1v) is 5.22. The summed E-state index contributed by atoms with van der Waals surface area (Å²) in [6, 6.07) is 6.42. The minimum absolute atomic E-state index is 0.0757. The minimum atomic E-state index is -0.289. The highest BCUT2D eigenvalue weighted by atomic mass is 35.5. The lowest BCUT2D eigenvalue weighted by Crippen LogP contribution is -2.26. The molecule has 1 aromatic carbocycles. The number of rotatable bonds is 4. The zero-order chi connectivity index (χ0) is 11.3. The number of carbonyl (C=O) groups excluding carboxylic acids is 1. The summed E-state index contributed by atoms with van der Waals surface area (Å²) in [4.78, 5) is 12.9. The van der Waals surface area contributed by atoms with Crippen LogP contribution in [-0.4, -0.2) is 23.7 Å². The number of alkyl halides is 1. The Morgan fingerprint density at radius 2 is 2.13 bits per heavy atom. The molecule has 0 N–H and O–H groups in total. The largest absolute Gasteiger partial charge is 0.341 e. The molecule has 0 aliphatic heterocycles. The minimum Gasteiger partial charge on any atom is -0.341 e. The maximum absolute atomic E-state index is 13.2. The fourth-order valence-electron chi connectivity index (χ4n) is 1.24. The monoisotopic (exact) mass is 229 g/mol. The van der Waals surface area contributed by atoms with Crippen molar-refractivity contribution in [3.05, 3.63) is 35.6 Å². The summed E-state index contributed by atoms with van der Waals surface area (Å²) >= 11 is 5.45. The van der Waals surface area contributed by atoms with Crippen molar-refractivity contribution in [1.82, 2.24) is 4.90 Å². The van der Waals surface area contributed by atoms with Gasteiger partial charge in [-0.2, -0.15) is 0 Å². The quantitative estimate of drug-likeness (QED) is 0.727. The van der Waals surface area contributed by atoms with Crippen molar-refractivity contribution in [3.8, 4) is 0 Å². The van der Waals surface area contributed by atoms with Gasteiger partial charge in [-0.3, -0.25) is 4.79 Å². The van der Waals surface area contributed by atoms with Crippen LogP contribution in [0.3, 0.4) is 0 Å². The van der Waals surface area contributed by atoms with E-state index >= 15 is 0 Å². The molecule has 0 bridgehead atoms. The highest BCUT2D eigenvalue weighted by molar-refractivity contribution is 6.18. The first-order chi connectivity index (χ1) is 7.15. The third kappa shape index (κ3) is 3.51. The summed E-state index contributed by atoms with van der Waals surface area (Å²) in [5.74, 6) is -0.0725. The maximum atomic E-state index is 13.2. The van der Waals surface area contributed by atoms with E-state index in [9.17, 15) is 9.18 Å². The van der Waals surface area contributed by atoms with Gasteiger partial charge in [-0.25, -0.2) is 4.39 Å². The molecular weight excluding hydrogens is 217 g/mol. The molecule has 0 aliphatic carbocycles. The maximum Gasteiger partial charge on any atom is 0.223 e. The third-order valence-corrected chi connectivity index (χ3v) is 2.29. The summed E-state index contributed by atoms with van der Waals surface area (Å²) in [7, 11) is 1.64. The lowest BCUT2D eigenvalue weighted by molar-refractivity contribution is -0.130. The van der Waals surface area contributed by atoms with Crippen LogP contribution in [0.5, 0.6) is 0 Å². The molecule has 0 unspecified atom stereocenters. The molecule has 0 saturated heterocycles. The Labute approximate surface area is 93.6 Å². The number of hydrogen-bond donors (Lipinski definition) is 0. The molecule has 1 amide bonds. The van der Waals surface area contributed by atoms with E-state index in [1.165, 1.54) is 11.0 Å². The smallest absolute Gasteiger partial charge is 0.223 e. The lowest BCUT2D eigenvalue weighted by Gasteiger charge is -2.16. The zero-order valence-electron chi connectivity index (χ0n) is 8.54. The summed E-state index contributed by atoms with van der Waals surface area (Å²) in [6.07, 6.45) is 0.284. The van der Waals surface area contributed by atoms with Crippen molar-refractivity contribution < 1.29 is 9.18 Å². The van der Waals surface area contributed by atoms with Crippen molar-refractivity contribution in [2.75, 3.05) is 12.9 Å². The molecule has 0 aliphatic rings. The van der Waals surface area contributed by atoms with Crippen LogP contribution in [0.2, 0.25) is 0 Å². The molecule has 0 heterocycles. The number of hydrogen-bond acceptors (Lipinski definition) is 1. The standard InChI is InChI=1S/C11H13ClFNO/c1-14(11(15)6-7-12)8-9-4-2-3-5-10(9)13/h2-5H,6-8H2,1H3. The van der Waals surface area contributed by atoms with Gasteiger partial charge in [-0.05, 0) is 6.07 Å². The summed E-state index contributed by atoms with van der Waals surface area (Å²) in [5.41, 5.74) is 0.517. The van der Waals surface area contributed by atoms with Gasteiger partial charge in [0.1, 0.15) is 5.82 Å². The van der Waals surface area contributed by atoms with Crippen LogP contribution in [0.1, 0.15) is 12.0 Å². The van der Waals surface area contributed by atoms with Gasteiger partial charge in [0, 0.05) is 31.5 Å². The van der Waals surface area contributed by atoms with Crippen LogP contribution in [0.25, 0.3) is 0 Å². The molecule has 0 spiro atoms. The van der Waals surface area contributed by atoms with E-state index in [1.54, 1.807) is 25.2 Å². The first kappa shape index (κ1) is 12.0. The molecule has 15 heavy (non-hydrogen) atoms. The van der Waals surface area contributed by atoms with E-state index in [0.29, 0.717) is 11.4 Å². The predicted octanol–water partition coefficient (Wildman–Crippen LogP) is 2.41. The molecule has 1 aromatic rings. The SMILES string of the molecule is CN(Cc1ccccc1F)C(=O)CCCl. The van der Waals surface area contributed by atoms with E-state index in [1.807, 2.05) is 0 Å². The van der Waals surface area contributed by atoms with E-state index in [2.05, 4.69) is 0 Å². The predicted molar refractivity (Wildman–Crippen MR) is 58.2 cm³/mol. The van der Waals surface area contributed by atoms with Crippen LogP contribution < -0.4 is 0 Å². The van der Waals surface area contributed by atoms with Crippen LogP contribution in [0.4, 0.5) is 4.39 Å². The van der Waals surface area contributed by atoms with Gasteiger partial charge in [0.2, 0.25) is 5.91 Å². The Morgan fingerprint density at radius 1 is 1.47 bits per heavy atom. The first-order valence-electron chi connectivity index (χ1n) is 4.68. The van der Waals surface area contributed by atoms with Crippen LogP contribution in [0.15, 0.2) is 24.3 Å².